The van der Waals surface area contributed by atoms with Crippen molar-refractivity contribution in [3.05, 3.63) is 0 Å². The normalized spacial score (nSPS) is 19.0. The first-order chi connectivity index (χ1) is 9.82. The van der Waals surface area contributed by atoms with Crippen LogP contribution in [-0.4, -0.2) is 48.9 Å². The molecule has 0 aromatic carbocycles. The zero-order valence-corrected chi connectivity index (χ0v) is 13.3. The van der Waals surface area contributed by atoms with Crippen molar-refractivity contribution in [1.29, 1.82) is 0 Å². The van der Waals surface area contributed by atoms with E-state index in [9.17, 15) is 14.4 Å². The molecular formula is C15H26N2O4. The number of rotatable bonds is 8. The Kier molecular flexibility index (Phi) is 6.81. The summed E-state index contributed by atoms with van der Waals surface area (Å²) in [5.41, 5.74) is 0. The molecule has 120 valence electrons. The van der Waals surface area contributed by atoms with Gasteiger partial charge in [-0.2, -0.15) is 0 Å². The molecule has 3 amide bonds. The molecule has 21 heavy (non-hydrogen) atoms. The smallest absolute Gasteiger partial charge is 0.246 e. The Bertz CT molecular complexity index is 393. The molecule has 1 atom stereocenters. The summed E-state index contributed by atoms with van der Waals surface area (Å²) in [4.78, 5) is 36.6. The number of amides is 3. The second-order valence-corrected chi connectivity index (χ2v) is 6.20. The quantitative estimate of drug-likeness (QED) is 0.673. The van der Waals surface area contributed by atoms with Crippen LogP contribution in [0.2, 0.25) is 0 Å². The third kappa shape index (κ3) is 5.46. The molecule has 0 bridgehead atoms. The Morgan fingerprint density at radius 2 is 2.00 bits per heavy atom. The molecule has 0 spiro atoms. The molecule has 6 nitrogen and oxygen atoms in total. The van der Waals surface area contributed by atoms with Gasteiger partial charge in [0.15, 0.2) is 0 Å². The van der Waals surface area contributed by atoms with Gasteiger partial charge in [0.2, 0.25) is 17.7 Å². The molecule has 1 fully saturated rings. The lowest BCUT2D eigenvalue weighted by molar-refractivity contribution is -0.140. The monoisotopic (exact) mass is 298 g/mol. The third-order valence-electron chi connectivity index (χ3n) is 3.43. The average Bonchev–Trinajstić information content (AvgIpc) is 2.66. The van der Waals surface area contributed by atoms with E-state index in [1.54, 1.807) is 0 Å². The van der Waals surface area contributed by atoms with Gasteiger partial charge in [-0.05, 0) is 11.8 Å². The number of carbonyl (C=O) groups excluding carboxylic acids is 3. The summed E-state index contributed by atoms with van der Waals surface area (Å²) >= 11 is 0. The maximum absolute atomic E-state index is 12.0. The Morgan fingerprint density at radius 1 is 1.33 bits per heavy atom. The van der Waals surface area contributed by atoms with Gasteiger partial charge in [0.1, 0.15) is 6.61 Å². The second kappa shape index (κ2) is 8.12. The predicted octanol–water partition coefficient (Wildman–Crippen LogP) is 0.806. The van der Waals surface area contributed by atoms with Crippen molar-refractivity contribution < 1.29 is 19.1 Å². The number of ether oxygens (including phenoxy) is 1. The van der Waals surface area contributed by atoms with Crippen molar-refractivity contribution in [2.45, 2.75) is 34.1 Å². The van der Waals surface area contributed by atoms with Gasteiger partial charge in [0.25, 0.3) is 0 Å². The number of nitrogens with zero attached hydrogens (tertiary/aromatic N) is 1. The maximum Gasteiger partial charge on any atom is 0.246 e. The molecular weight excluding hydrogens is 272 g/mol. The fourth-order valence-electron chi connectivity index (χ4n) is 2.21. The third-order valence-corrected chi connectivity index (χ3v) is 3.43. The molecule has 1 aliphatic heterocycles. The maximum atomic E-state index is 12.0. The zero-order valence-electron chi connectivity index (χ0n) is 13.3. The van der Waals surface area contributed by atoms with Crippen LogP contribution in [0.1, 0.15) is 34.1 Å². The summed E-state index contributed by atoms with van der Waals surface area (Å²) < 4.78 is 5.21. The van der Waals surface area contributed by atoms with Crippen LogP contribution in [0, 0.1) is 17.8 Å². The van der Waals surface area contributed by atoms with Crippen LogP contribution in [0.15, 0.2) is 0 Å². The van der Waals surface area contributed by atoms with E-state index in [0.29, 0.717) is 12.5 Å². The van der Waals surface area contributed by atoms with E-state index < -0.39 is 0 Å². The van der Waals surface area contributed by atoms with E-state index in [1.807, 2.05) is 27.7 Å². The van der Waals surface area contributed by atoms with Crippen LogP contribution in [0.3, 0.4) is 0 Å². The van der Waals surface area contributed by atoms with E-state index >= 15 is 0 Å². The summed E-state index contributed by atoms with van der Waals surface area (Å²) in [6.07, 6.45) is 0.280. The first kappa shape index (κ1) is 17.6. The number of carbonyl (C=O) groups is 3. The summed E-state index contributed by atoms with van der Waals surface area (Å²) in [6, 6.07) is 0. The van der Waals surface area contributed by atoms with Gasteiger partial charge in [0, 0.05) is 32.0 Å². The van der Waals surface area contributed by atoms with Crippen LogP contribution in [0.4, 0.5) is 0 Å². The van der Waals surface area contributed by atoms with Crippen molar-refractivity contribution in [3.8, 4) is 0 Å². The van der Waals surface area contributed by atoms with Gasteiger partial charge in [-0.15, -0.1) is 0 Å². The van der Waals surface area contributed by atoms with Crippen LogP contribution in [-0.2, 0) is 19.1 Å². The van der Waals surface area contributed by atoms with Gasteiger partial charge in [0.05, 0.1) is 0 Å². The molecule has 0 radical (unpaired) electrons. The van der Waals surface area contributed by atoms with Crippen LogP contribution in [0.5, 0.6) is 0 Å². The molecule has 0 aliphatic carbocycles. The van der Waals surface area contributed by atoms with Gasteiger partial charge in [-0.3, -0.25) is 19.3 Å². The molecule has 1 heterocycles. The lowest BCUT2D eigenvalue weighted by atomic mass is 9.94. The first-order valence-electron chi connectivity index (χ1n) is 7.51. The molecule has 1 N–H and O–H groups in total. The lowest BCUT2D eigenvalue weighted by Crippen LogP contribution is -2.39. The molecule has 0 saturated carbocycles. The highest BCUT2D eigenvalue weighted by Gasteiger charge is 2.39. The van der Waals surface area contributed by atoms with E-state index in [1.165, 1.54) is 4.90 Å². The lowest BCUT2D eigenvalue weighted by Gasteiger charge is -2.16. The van der Waals surface area contributed by atoms with Gasteiger partial charge in [-0.1, -0.05) is 27.7 Å². The van der Waals surface area contributed by atoms with E-state index in [4.69, 9.17) is 4.74 Å². The minimum absolute atomic E-state index is 0.00862. The highest BCUT2D eigenvalue weighted by Crippen LogP contribution is 2.25. The number of hydrogen-bond donors (Lipinski definition) is 1. The Balaban J connectivity index is 2.28. The Labute approximate surface area is 126 Å². The van der Waals surface area contributed by atoms with Crippen molar-refractivity contribution >= 4 is 17.7 Å². The van der Waals surface area contributed by atoms with E-state index in [2.05, 4.69) is 5.32 Å². The highest BCUT2D eigenvalue weighted by atomic mass is 16.5. The van der Waals surface area contributed by atoms with Crippen LogP contribution in [0.25, 0.3) is 0 Å². The fourth-order valence-corrected chi connectivity index (χ4v) is 2.21. The minimum Gasteiger partial charge on any atom is -0.371 e. The average molecular weight is 298 g/mol. The molecule has 0 aromatic heterocycles. The minimum atomic E-state index is -0.227. The van der Waals surface area contributed by atoms with Crippen molar-refractivity contribution in [2.75, 3.05) is 26.3 Å². The standard InChI is InChI=1S/C15H26N2O4/c1-10(2)8-21-9-13(18)16-5-6-17-14(19)7-12(11(3)4)15(17)20/h10-12H,5-9H2,1-4H3,(H,16,18). The zero-order chi connectivity index (χ0) is 16.0. The van der Waals surface area contributed by atoms with Crippen LogP contribution < -0.4 is 5.32 Å². The van der Waals surface area contributed by atoms with E-state index in [0.717, 1.165) is 0 Å². The predicted molar refractivity (Wildman–Crippen MR) is 78.3 cm³/mol. The molecule has 1 aliphatic rings. The first-order valence-corrected chi connectivity index (χ1v) is 7.51. The number of nitrogens with one attached hydrogen (secondary N) is 1. The molecule has 1 unspecified atom stereocenters. The summed E-state index contributed by atoms with van der Waals surface area (Å²) in [5, 5.41) is 2.66. The summed E-state index contributed by atoms with van der Waals surface area (Å²) in [6.45, 7) is 8.94. The molecule has 1 rings (SSSR count). The SMILES string of the molecule is CC(C)COCC(=O)NCCN1C(=O)CC(C(C)C)C1=O. The largest absolute Gasteiger partial charge is 0.371 e. The molecule has 0 aromatic rings. The van der Waals surface area contributed by atoms with Gasteiger partial charge in [-0.25, -0.2) is 0 Å². The number of imide groups is 1. The topological polar surface area (TPSA) is 75.7 Å². The second-order valence-electron chi connectivity index (χ2n) is 6.20. The number of likely N-dealkylation sites (tertiary alicyclic amines) is 1. The summed E-state index contributed by atoms with van der Waals surface area (Å²) in [7, 11) is 0. The van der Waals surface area contributed by atoms with Crippen molar-refractivity contribution in [3.63, 3.8) is 0 Å². The Morgan fingerprint density at radius 3 is 2.52 bits per heavy atom. The van der Waals surface area contributed by atoms with Crippen molar-refractivity contribution in [2.24, 2.45) is 17.8 Å². The van der Waals surface area contributed by atoms with Crippen molar-refractivity contribution in [1.82, 2.24) is 10.2 Å². The van der Waals surface area contributed by atoms with Gasteiger partial charge < -0.3 is 10.1 Å². The molecule has 6 heteroatoms. The molecule has 1 saturated heterocycles. The van der Waals surface area contributed by atoms with Crippen LogP contribution >= 0.6 is 0 Å². The fraction of sp³-hybridized carbons (Fsp3) is 0.800. The summed E-state index contributed by atoms with van der Waals surface area (Å²) in [5.74, 6) is -0.182. The highest BCUT2D eigenvalue weighted by molar-refractivity contribution is 6.03. The van der Waals surface area contributed by atoms with Gasteiger partial charge >= 0.3 is 0 Å². The number of hydrogen-bond acceptors (Lipinski definition) is 4. The van der Waals surface area contributed by atoms with E-state index in [-0.39, 0.29) is 55.7 Å². The Hall–Kier alpha value is -1.43.